The molecule has 28 heavy (non-hydrogen) atoms. The van der Waals surface area contributed by atoms with Crippen LogP contribution in [0.3, 0.4) is 0 Å². The minimum atomic E-state index is -0.379. The molecule has 0 N–H and O–H groups in total. The lowest BCUT2D eigenvalue weighted by atomic mass is 9.79. The Kier molecular flexibility index (Phi) is 3.59. The van der Waals surface area contributed by atoms with Crippen molar-refractivity contribution in [2.24, 2.45) is 0 Å². The molecule has 0 aliphatic carbocycles. The van der Waals surface area contributed by atoms with Crippen molar-refractivity contribution in [2.75, 3.05) is 4.90 Å². The average molecular weight is 370 g/mol. The number of aryl methyl sites for hydroxylation is 1. The van der Waals surface area contributed by atoms with Crippen molar-refractivity contribution >= 4 is 17.3 Å². The van der Waals surface area contributed by atoms with Gasteiger partial charge in [0.2, 0.25) is 0 Å². The molecule has 0 saturated carbocycles. The molecule has 0 spiro atoms. The van der Waals surface area contributed by atoms with Gasteiger partial charge in [0, 0.05) is 29.3 Å². The van der Waals surface area contributed by atoms with Crippen LogP contribution in [0.1, 0.15) is 51.0 Å². The maximum absolute atomic E-state index is 13.1. The van der Waals surface area contributed by atoms with Crippen LogP contribution in [0.5, 0.6) is 0 Å². The Morgan fingerprint density at radius 1 is 1.00 bits per heavy atom. The molecular formula is C23H18N2O3. The van der Waals surface area contributed by atoms with Crippen LogP contribution in [0.25, 0.3) is 0 Å². The Balaban J connectivity index is 1.67. The van der Waals surface area contributed by atoms with Crippen molar-refractivity contribution in [2.45, 2.75) is 25.3 Å². The maximum atomic E-state index is 13.1. The fraction of sp³-hybridized carbons (Fsp3) is 0.174. The summed E-state index contributed by atoms with van der Waals surface area (Å²) in [6.07, 6.45) is 0.761. The van der Waals surface area contributed by atoms with E-state index in [1.165, 1.54) is 0 Å². The standard InChI is InChI=1S/C23H18N2O3/c1-14-6-11-21-20(12-14)19(15-7-9-16(10-8-15)25(27)28)13-22-17-4-2-3-5-18(17)23(26)24(21)22/h2-12,19,22H,13H2,1H3/t19-,22+/m1/s1. The van der Waals surface area contributed by atoms with E-state index in [0.29, 0.717) is 0 Å². The predicted octanol–water partition coefficient (Wildman–Crippen LogP) is 5.14. The van der Waals surface area contributed by atoms with Gasteiger partial charge in [-0.2, -0.15) is 0 Å². The Bertz CT molecular complexity index is 1120. The molecular weight excluding hydrogens is 352 g/mol. The number of carbonyl (C=O) groups is 1. The highest BCUT2D eigenvalue weighted by Crippen LogP contribution is 2.51. The number of benzene rings is 3. The topological polar surface area (TPSA) is 63.5 Å². The average Bonchev–Trinajstić information content (AvgIpc) is 3.00. The number of nitro benzene ring substituents is 1. The lowest BCUT2D eigenvalue weighted by Gasteiger charge is -2.37. The molecule has 0 bridgehead atoms. The van der Waals surface area contributed by atoms with Crippen molar-refractivity contribution in [3.63, 3.8) is 0 Å². The molecule has 3 aromatic rings. The van der Waals surface area contributed by atoms with Crippen LogP contribution in [0.2, 0.25) is 0 Å². The Morgan fingerprint density at radius 3 is 2.50 bits per heavy atom. The van der Waals surface area contributed by atoms with E-state index < -0.39 is 0 Å². The number of hydrogen-bond acceptors (Lipinski definition) is 3. The number of carbonyl (C=O) groups excluding carboxylic acids is 1. The highest BCUT2D eigenvalue weighted by atomic mass is 16.6. The predicted molar refractivity (Wildman–Crippen MR) is 107 cm³/mol. The number of nitro groups is 1. The van der Waals surface area contributed by atoms with E-state index in [4.69, 9.17) is 0 Å². The molecule has 5 rings (SSSR count). The number of amides is 1. The minimum absolute atomic E-state index is 0.0147. The third-order valence-corrected chi connectivity index (χ3v) is 5.86. The van der Waals surface area contributed by atoms with Crippen LogP contribution in [-0.4, -0.2) is 10.8 Å². The van der Waals surface area contributed by atoms with E-state index in [0.717, 1.165) is 39.9 Å². The lowest BCUT2D eigenvalue weighted by Crippen LogP contribution is -2.34. The lowest BCUT2D eigenvalue weighted by molar-refractivity contribution is -0.384. The summed E-state index contributed by atoms with van der Waals surface area (Å²) in [6, 6.07) is 20.8. The highest BCUT2D eigenvalue weighted by molar-refractivity contribution is 6.11. The Labute approximate surface area is 162 Å². The van der Waals surface area contributed by atoms with E-state index in [-0.39, 0.29) is 28.5 Å². The first kappa shape index (κ1) is 16.7. The number of rotatable bonds is 2. The van der Waals surface area contributed by atoms with Crippen molar-refractivity contribution in [3.05, 3.63) is 105 Å². The van der Waals surface area contributed by atoms with Crippen LogP contribution in [0.4, 0.5) is 11.4 Å². The van der Waals surface area contributed by atoms with Gasteiger partial charge in [-0.15, -0.1) is 0 Å². The zero-order valence-electron chi connectivity index (χ0n) is 15.3. The number of fused-ring (bicyclic) bond motifs is 5. The first-order valence-electron chi connectivity index (χ1n) is 9.32. The summed E-state index contributed by atoms with van der Waals surface area (Å²) in [5.74, 6) is 0.128. The first-order valence-corrected chi connectivity index (χ1v) is 9.32. The third kappa shape index (κ3) is 2.36. The largest absolute Gasteiger partial charge is 0.301 e. The number of hydrogen-bond donors (Lipinski definition) is 0. The Hall–Kier alpha value is -3.47. The fourth-order valence-corrected chi connectivity index (χ4v) is 4.57. The molecule has 0 fully saturated rings. The summed E-state index contributed by atoms with van der Waals surface area (Å²) in [5, 5.41) is 11.0. The number of nitrogens with zero attached hydrogens (tertiary/aromatic N) is 2. The normalized spacial score (nSPS) is 19.8. The van der Waals surface area contributed by atoms with Gasteiger partial charge in [-0.25, -0.2) is 0 Å². The molecule has 2 aliphatic heterocycles. The SMILES string of the molecule is Cc1ccc2c(c1)[C@@H](c1ccc([N+](=O)[O-])cc1)C[C@H]1c3ccccc3C(=O)N21. The van der Waals surface area contributed by atoms with Gasteiger partial charge in [0.1, 0.15) is 0 Å². The van der Waals surface area contributed by atoms with Gasteiger partial charge in [0.15, 0.2) is 0 Å². The summed E-state index contributed by atoms with van der Waals surface area (Å²) >= 11 is 0. The maximum Gasteiger partial charge on any atom is 0.269 e. The second kappa shape index (κ2) is 6.02. The quantitative estimate of drug-likeness (QED) is 0.463. The van der Waals surface area contributed by atoms with Crippen LogP contribution in [0, 0.1) is 17.0 Å². The van der Waals surface area contributed by atoms with E-state index in [1.54, 1.807) is 12.1 Å². The van der Waals surface area contributed by atoms with E-state index in [2.05, 4.69) is 6.07 Å². The Morgan fingerprint density at radius 2 is 1.75 bits per heavy atom. The van der Waals surface area contributed by atoms with Crippen LogP contribution in [-0.2, 0) is 0 Å². The van der Waals surface area contributed by atoms with Crippen LogP contribution < -0.4 is 4.90 Å². The smallest absolute Gasteiger partial charge is 0.269 e. The van der Waals surface area contributed by atoms with Gasteiger partial charge in [-0.3, -0.25) is 14.9 Å². The van der Waals surface area contributed by atoms with Crippen LogP contribution >= 0.6 is 0 Å². The van der Waals surface area contributed by atoms with Gasteiger partial charge < -0.3 is 4.90 Å². The van der Waals surface area contributed by atoms with Crippen molar-refractivity contribution < 1.29 is 9.72 Å². The molecule has 0 saturated heterocycles. The highest BCUT2D eigenvalue weighted by Gasteiger charge is 2.43. The van der Waals surface area contributed by atoms with Gasteiger partial charge >= 0.3 is 0 Å². The monoisotopic (exact) mass is 370 g/mol. The summed E-state index contributed by atoms with van der Waals surface area (Å²) in [4.78, 5) is 25.6. The molecule has 2 heterocycles. The summed E-state index contributed by atoms with van der Waals surface area (Å²) in [5.41, 5.74) is 6.13. The van der Waals surface area contributed by atoms with E-state index in [1.807, 2.05) is 60.4 Å². The molecule has 5 heteroatoms. The van der Waals surface area contributed by atoms with Gasteiger partial charge in [-0.1, -0.05) is 48.0 Å². The minimum Gasteiger partial charge on any atom is -0.301 e. The third-order valence-electron chi connectivity index (χ3n) is 5.86. The molecule has 3 aromatic carbocycles. The number of non-ortho nitro benzene ring substituents is 1. The summed E-state index contributed by atoms with van der Waals surface area (Å²) < 4.78 is 0. The van der Waals surface area contributed by atoms with E-state index >= 15 is 0 Å². The van der Waals surface area contributed by atoms with Crippen LogP contribution in [0.15, 0.2) is 66.7 Å². The molecule has 0 radical (unpaired) electrons. The summed E-state index contributed by atoms with van der Waals surface area (Å²) in [7, 11) is 0. The summed E-state index contributed by atoms with van der Waals surface area (Å²) in [6.45, 7) is 2.04. The first-order chi connectivity index (χ1) is 13.5. The van der Waals surface area contributed by atoms with Crippen molar-refractivity contribution in [1.82, 2.24) is 0 Å². The van der Waals surface area contributed by atoms with Crippen molar-refractivity contribution in [1.29, 1.82) is 0 Å². The van der Waals surface area contributed by atoms with Gasteiger partial charge in [-0.05, 0) is 42.2 Å². The van der Waals surface area contributed by atoms with E-state index in [9.17, 15) is 14.9 Å². The molecule has 0 unspecified atom stereocenters. The molecule has 1 amide bonds. The fourth-order valence-electron chi connectivity index (χ4n) is 4.57. The second-order valence-electron chi connectivity index (χ2n) is 7.48. The second-order valence-corrected chi connectivity index (χ2v) is 7.48. The number of anilines is 1. The van der Waals surface area contributed by atoms with Gasteiger partial charge in [0.05, 0.1) is 11.0 Å². The molecule has 2 atom stereocenters. The van der Waals surface area contributed by atoms with Gasteiger partial charge in [0.25, 0.3) is 11.6 Å². The van der Waals surface area contributed by atoms with Crippen molar-refractivity contribution in [3.8, 4) is 0 Å². The zero-order valence-corrected chi connectivity index (χ0v) is 15.3. The molecule has 5 nitrogen and oxygen atoms in total. The zero-order chi connectivity index (χ0) is 19.4. The molecule has 138 valence electrons. The molecule has 2 aliphatic rings. The molecule has 0 aromatic heterocycles.